The molecule has 1 amide bonds. The van der Waals surface area contributed by atoms with Gasteiger partial charge in [0.2, 0.25) is 0 Å². The molecule has 1 N–H and O–H groups in total. The molecule has 8 rings (SSSR count). The van der Waals surface area contributed by atoms with Crippen molar-refractivity contribution in [3.63, 3.8) is 0 Å². The van der Waals surface area contributed by atoms with Crippen LogP contribution in [0.1, 0.15) is 43.0 Å². The van der Waals surface area contributed by atoms with Gasteiger partial charge in [0.25, 0.3) is 5.91 Å². The lowest BCUT2D eigenvalue weighted by atomic mass is 10.0. The van der Waals surface area contributed by atoms with E-state index in [1.165, 1.54) is 19.3 Å². The van der Waals surface area contributed by atoms with Gasteiger partial charge < -0.3 is 24.1 Å². The topological polar surface area (TPSA) is 90.1 Å². The summed E-state index contributed by atoms with van der Waals surface area (Å²) in [6.07, 6.45) is 8.06. The van der Waals surface area contributed by atoms with Gasteiger partial charge in [-0.25, -0.2) is 9.97 Å². The largest absolute Gasteiger partial charge is 0.494 e. The van der Waals surface area contributed by atoms with Crippen LogP contribution in [-0.4, -0.2) is 54.6 Å². The number of hydrogen-bond acceptors (Lipinski definition) is 6. The van der Waals surface area contributed by atoms with E-state index >= 15 is 0 Å². The van der Waals surface area contributed by atoms with Gasteiger partial charge in [-0.05, 0) is 79.8 Å². The van der Waals surface area contributed by atoms with Crippen LogP contribution >= 0.6 is 11.6 Å². The molecule has 1 aromatic carbocycles. The Morgan fingerprint density at radius 1 is 1.12 bits per heavy atom. The quantitative estimate of drug-likeness (QED) is 0.226. The number of amides is 1. The summed E-state index contributed by atoms with van der Waals surface area (Å²) < 4.78 is 10.2. The Labute approximate surface area is 254 Å². The van der Waals surface area contributed by atoms with Crippen molar-refractivity contribution >= 4 is 51.1 Å². The van der Waals surface area contributed by atoms with E-state index < -0.39 is 0 Å². The van der Waals surface area contributed by atoms with Gasteiger partial charge in [0.1, 0.15) is 22.7 Å². The van der Waals surface area contributed by atoms with E-state index in [0.29, 0.717) is 45.9 Å². The summed E-state index contributed by atoms with van der Waals surface area (Å²) >= 11 is 6.35. The average Bonchev–Trinajstić information content (AvgIpc) is 3.42. The van der Waals surface area contributed by atoms with Crippen LogP contribution in [0.15, 0.2) is 48.8 Å². The lowest BCUT2D eigenvalue weighted by molar-refractivity contribution is 0.0696. The summed E-state index contributed by atoms with van der Waals surface area (Å²) in [5.41, 5.74) is 4.91. The third kappa shape index (κ3) is 4.35. The van der Waals surface area contributed by atoms with E-state index in [-0.39, 0.29) is 5.91 Å². The third-order valence-electron chi connectivity index (χ3n) is 9.82. The maximum atomic E-state index is 13.7. The standard InChI is InChI=1S/C33H34ClN7O2/c1-18-21-6-8-26(18)41(17-21)33(42)22-12-25-30(28(14-22)43-3)39(2)32(37-25)27-13-20-7-9-29(36-24-10-11-35-15-23(24)34)38-31(20)40(27)16-19-4-5-19/h7,9-15,18-19,21,26H,4-6,8,16-17H2,1-3H3,(H,35,36,38)/t18-,21?,26?/m1/s1. The Hall–Kier alpha value is -4.11. The first-order valence-electron chi connectivity index (χ1n) is 15.1. The monoisotopic (exact) mass is 595 g/mol. The van der Waals surface area contributed by atoms with Crippen molar-refractivity contribution in [2.24, 2.45) is 24.8 Å². The predicted molar refractivity (Wildman–Crippen MR) is 168 cm³/mol. The maximum Gasteiger partial charge on any atom is 0.254 e. The lowest BCUT2D eigenvalue weighted by Crippen LogP contribution is -2.38. The molecule has 1 saturated heterocycles. The number of ether oxygens (including phenoxy) is 1. The highest BCUT2D eigenvalue weighted by molar-refractivity contribution is 6.33. The van der Waals surface area contributed by atoms with Gasteiger partial charge in [0, 0.05) is 49.5 Å². The highest BCUT2D eigenvalue weighted by Gasteiger charge is 2.46. The number of rotatable bonds is 7. The van der Waals surface area contributed by atoms with E-state index in [1.54, 1.807) is 19.5 Å². The molecule has 5 heterocycles. The normalized spacial score (nSPS) is 21.3. The molecule has 2 saturated carbocycles. The first-order chi connectivity index (χ1) is 20.9. The number of anilines is 2. The van der Waals surface area contributed by atoms with Crippen molar-refractivity contribution in [1.29, 1.82) is 0 Å². The summed E-state index contributed by atoms with van der Waals surface area (Å²) in [6, 6.07) is 12.2. The van der Waals surface area contributed by atoms with Crippen molar-refractivity contribution < 1.29 is 9.53 Å². The summed E-state index contributed by atoms with van der Waals surface area (Å²) in [4.78, 5) is 30.1. The molecule has 3 atom stereocenters. The maximum absolute atomic E-state index is 13.7. The van der Waals surface area contributed by atoms with E-state index in [9.17, 15) is 4.79 Å². The highest BCUT2D eigenvalue weighted by atomic mass is 35.5. The number of halogens is 1. The minimum absolute atomic E-state index is 0.0767. The number of nitrogens with zero attached hydrogens (tertiary/aromatic N) is 6. The van der Waals surface area contributed by atoms with Crippen LogP contribution in [0, 0.1) is 17.8 Å². The van der Waals surface area contributed by atoms with E-state index in [1.807, 2.05) is 31.3 Å². The van der Waals surface area contributed by atoms with Gasteiger partial charge in [-0.2, -0.15) is 0 Å². The fourth-order valence-corrected chi connectivity index (χ4v) is 7.43. The predicted octanol–water partition coefficient (Wildman–Crippen LogP) is 6.67. The lowest BCUT2D eigenvalue weighted by Gasteiger charge is -2.27. The number of nitrogens with one attached hydrogen (secondary N) is 1. The number of benzene rings is 1. The molecule has 2 bridgehead atoms. The molecule has 0 radical (unpaired) electrons. The minimum atomic E-state index is 0.0767. The SMILES string of the molecule is COc1cc(C(=O)N2CC3CCC2[C@@H]3C)cc2nc(-c3cc4ccc(Nc5ccncc5Cl)nc4n3CC3CC3)n(C)c12. The van der Waals surface area contributed by atoms with Gasteiger partial charge in [-0.1, -0.05) is 18.5 Å². The molecule has 2 unspecified atom stereocenters. The number of carbonyl (C=O) groups excluding carboxylic acids is 1. The van der Waals surface area contributed by atoms with Gasteiger partial charge in [0.05, 0.1) is 29.0 Å². The fourth-order valence-electron chi connectivity index (χ4n) is 7.27. The molecule has 5 aromatic rings. The van der Waals surface area contributed by atoms with Crippen LogP contribution in [0.5, 0.6) is 5.75 Å². The van der Waals surface area contributed by atoms with Gasteiger partial charge in [-0.15, -0.1) is 0 Å². The Bertz CT molecular complexity index is 1910. The Morgan fingerprint density at radius 3 is 2.70 bits per heavy atom. The van der Waals surface area contributed by atoms with Crippen LogP contribution in [0.4, 0.5) is 11.5 Å². The Kier molecular flexibility index (Phi) is 6.15. The molecule has 4 aromatic heterocycles. The number of fused-ring (bicyclic) bond motifs is 4. The van der Waals surface area contributed by atoms with Crippen molar-refractivity contribution in [1.82, 2.24) is 29.0 Å². The third-order valence-corrected chi connectivity index (χ3v) is 10.1. The highest BCUT2D eigenvalue weighted by Crippen LogP contribution is 2.44. The Morgan fingerprint density at radius 2 is 1.98 bits per heavy atom. The van der Waals surface area contributed by atoms with Crippen molar-refractivity contribution in [3.8, 4) is 17.3 Å². The van der Waals surface area contributed by atoms with Crippen molar-refractivity contribution in [3.05, 3.63) is 59.4 Å². The molecule has 43 heavy (non-hydrogen) atoms. The van der Waals surface area contributed by atoms with Crippen LogP contribution in [-0.2, 0) is 13.6 Å². The van der Waals surface area contributed by atoms with Gasteiger partial charge >= 0.3 is 0 Å². The number of imidazole rings is 1. The molecule has 1 aliphatic heterocycles. The Balaban J connectivity index is 1.21. The molecule has 3 aliphatic rings. The van der Waals surface area contributed by atoms with Crippen molar-refractivity contribution in [2.45, 2.75) is 45.2 Å². The zero-order chi connectivity index (χ0) is 29.4. The number of likely N-dealkylation sites (tertiary alicyclic amines) is 1. The van der Waals surface area contributed by atoms with E-state index in [2.05, 4.69) is 43.4 Å². The zero-order valence-corrected chi connectivity index (χ0v) is 25.3. The average molecular weight is 596 g/mol. The summed E-state index contributed by atoms with van der Waals surface area (Å²) in [5.74, 6) is 4.06. The van der Waals surface area contributed by atoms with Gasteiger partial charge in [-0.3, -0.25) is 9.78 Å². The molecule has 220 valence electrons. The van der Waals surface area contributed by atoms with Crippen LogP contribution < -0.4 is 10.1 Å². The molecular formula is C33H34ClN7O2. The van der Waals surface area contributed by atoms with Crippen LogP contribution in [0.25, 0.3) is 33.6 Å². The van der Waals surface area contributed by atoms with Crippen LogP contribution in [0.2, 0.25) is 5.02 Å². The summed E-state index contributed by atoms with van der Waals surface area (Å²) in [6.45, 7) is 4.00. The van der Waals surface area contributed by atoms with Crippen LogP contribution in [0.3, 0.4) is 0 Å². The molecule has 0 spiro atoms. The summed E-state index contributed by atoms with van der Waals surface area (Å²) in [5, 5.41) is 4.92. The minimum Gasteiger partial charge on any atom is -0.494 e. The zero-order valence-electron chi connectivity index (χ0n) is 24.5. The number of carbonyl (C=O) groups is 1. The van der Waals surface area contributed by atoms with Crippen molar-refractivity contribution in [2.75, 3.05) is 19.0 Å². The summed E-state index contributed by atoms with van der Waals surface area (Å²) in [7, 11) is 3.67. The molecule has 10 heteroatoms. The fraction of sp³-hybridized carbons (Fsp3) is 0.394. The number of piperidine rings is 1. The number of methoxy groups -OCH3 is 1. The second-order valence-corrected chi connectivity index (χ2v) is 12.8. The molecule has 2 aliphatic carbocycles. The number of aromatic nitrogens is 5. The molecule has 9 nitrogen and oxygen atoms in total. The number of aryl methyl sites for hydroxylation is 1. The number of pyridine rings is 2. The molecular weight excluding hydrogens is 562 g/mol. The van der Waals surface area contributed by atoms with E-state index in [4.69, 9.17) is 26.3 Å². The smallest absolute Gasteiger partial charge is 0.254 e. The first kappa shape index (κ1) is 26.5. The molecule has 3 fully saturated rings. The second-order valence-electron chi connectivity index (χ2n) is 12.4. The van der Waals surface area contributed by atoms with E-state index in [0.717, 1.165) is 58.8 Å². The number of hydrogen-bond donors (Lipinski definition) is 1. The first-order valence-corrected chi connectivity index (χ1v) is 15.5. The second kappa shape index (κ2) is 9.98. The van der Waals surface area contributed by atoms with Gasteiger partial charge in [0.15, 0.2) is 5.82 Å².